The molecule has 628 valence electrons. The fourth-order valence-corrected chi connectivity index (χ4v) is 13.5. The van der Waals surface area contributed by atoms with Gasteiger partial charge >= 0.3 is 5.97 Å². The topological polar surface area (TPSA) is 462 Å². The first kappa shape index (κ1) is 95.3. The van der Waals surface area contributed by atoms with Crippen molar-refractivity contribution in [3.8, 4) is 0 Å². The molecule has 0 saturated carbocycles. The van der Waals surface area contributed by atoms with Gasteiger partial charge in [-0.15, -0.1) is 0 Å². The van der Waals surface area contributed by atoms with Crippen molar-refractivity contribution < 1.29 is 81.8 Å². The van der Waals surface area contributed by atoms with Gasteiger partial charge in [0.15, 0.2) is 0 Å². The van der Waals surface area contributed by atoms with Crippen LogP contribution in [0, 0.1) is 47.3 Å². The van der Waals surface area contributed by atoms with Gasteiger partial charge < -0.3 is 89.2 Å². The lowest BCUT2D eigenvalue weighted by atomic mass is 9.95. The number of amides is 14. The molecule has 4 rings (SSSR count). The quantitative estimate of drug-likeness (QED) is 0.0346. The van der Waals surface area contributed by atoms with Gasteiger partial charge in [-0.2, -0.15) is 0 Å². The fraction of sp³-hybridized carbons (Fsp3) is 0.713. The van der Waals surface area contributed by atoms with E-state index in [-0.39, 0.29) is 63.2 Å². The number of carbonyl (C=O) groups is 15. The van der Waals surface area contributed by atoms with Gasteiger partial charge in [-0.3, -0.25) is 67.1 Å². The van der Waals surface area contributed by atoms with Crippen molar-refractivity contribution in [2.24, 2.45) is 53.1 Å². The van der Waals surface area contributed by atoms with Crippen LogP contribution in [0.25, 0.3) is 0 Å². The number of hydrogen-bond donors (Lipinski definition) is 14. The van der Waals surface area contributed by atoms with E-state index < -0.39 is 215 Å². The molecule has 3 aliphatic heterocycles. The van der Waals surface area contributed by atoms with E-state index in [9.17, 15) is 67.4 Å². The first-order chi connectivity index (χ1) is 52.7. The molecule has 0 spiro atoms. The molecule has 32 nitrogen and oxygen atoms in total. The third-order valence-corrected chi connectivity index (χ3v) is 21.5. The summed E-state index contributed by atoms with van der Waals surface area (Å²) in [5.74, 6) is -15.9. The zero-order valence-electron chi connectivity index (χ0n) is 69.3. The number of nitrogens with two attached hydrogens (primary N) is 1. The van der Waals surface area contributed by atoms with Crippen LogP contribution in [0.2, 0.25) is 0 Å². The van der Waals surface area contributed by atoms with Crippen molar-refractivity contribution in [2.75, 3.05) is 19.6 Å². The number of allylic oxidation sites excluding steroid dienone is 1. The molecular formula is C80H131N15O17. The minimum Gasteiger partial charge on any atom is -0.458 e. The highest BCUT2D eigenvalue weighted by atomic mass is 16.5. The van der Waals surface area contributed by atoms with Crippen molar-refractivity contribution >= 4 is 88.7 Å². The number of benzene rings is 1. The van der Waals surface area contributed by atoms with Gasteiger partial charge in [0.2, 0.25) is 76.8 Å². The Morgan fingerprint density at radius 1 is 0.571 bits per heavy atom. The predicted molar refractivity (Wildman–Crippen MR) is 420 cm³/mol. The zero-order chi connectivity index (χ0) is 84.3. The molecule has 0 aromatic heterocycles. The Balaban J connectivity index is 1.61. The van der Waals surface area contributed by atoms with Crippen LogP contribution in [-0.2, 0) is 83.1 Å². The molecule has 3 fully saturated rings. The van der Waals surface area contributed by atoms with Crippen LogP contribution in [0.15, 0.2) is 42.1 Å². The van der Waals surface area contributed by atoms with Gasteiger partial charge in [0.1, 0.15) is 90.3 Å². The van der Waals surface area contributed by atoms with Gasteiger partial charge in [-0.05, 0) is 125 Å². The Bertz CT molecular complexity index is 3440. The van der Waals surface area contributed by atoms with Crippen molar-refractivity contribution in [2.45, 2.75) is 299 Å². The maximum Gasteiger partial charge on any atom is 0.329 e. The van der Waals surface area contributed by atoms with Gasteiger partial charge in [0.25, 0.3) is 5.91 Å². The lowest BCUT2D eigenvalue weighted by Crippen LogP contribution is -2.64. The van der Waals surface area contributed by atoms with E-state index in [4.69, 9.17) is 10.5 Å². The molecule has 15 N–H and O–H groups in total. The second-order valence-electron chi connectivity index (χ2n) is 32.1. The number of aliphatic hydroxyl groups excluding tert-OH is 1. The van der Waals surface area contributed by atoms with E-state index in [1.807, 2.05) is 6.92 Å². The van der Waals surface area contributed by atoms with E-state index in [1.165, 1.54) is 31.7 Å². The summed E-state index contributed by atoms with van der Waals surface area (Å²) in [5.41, 5.74) is 6.35. The van der Waals surface area contributed by atoms with Crippen molar-refractivity contribution in [1.29, 1.82) is 0 Å². The number of aliphatic hydroxyl groups is 1. The van der Waals surface area contributed by atoms with Crippen molar-refractivity contribution in [1.82, 2.24) is 73.6 Å². The van der Waals surface area contributed by atoms with Crippen LogP contribution in [0.1, 0.15) is 208 Å². The average Bonchev–Trinajstić information content (AvgIpc) is 1.15. The normalized spacial score (nSPS) is 23.5. The Labute approximate surface area is 661 Å². The summed E-state index contributed by atoms with van der Waals surface area (Å²) in [7, 11) is 0. The largest absolute Gasteiger partial charge is 0.458 e. The molecule has 1 aromatic carbocycles. The standard InChI is InChI=1S/C80H131N15O17/c1-20-46(15)35-36-57(97)94-38-28-33-55(94)71(102)85-59(42(7)8)74(105)92-65(49(18)96)77(108)87-60(43(9)10)73(104)88-61(44(11)12)79(110)95-39-29-34-56(95)70(101)83-53(32-27-37-81)68(99)90-63(47(16)21-2)76(107)93-66-50(19)112-80(111)62(45(13)14)89-67(98)52(23-4)82-69(100)54(40-51-30-25-24-26-31-51)84-72(103)58(41(5)6)86-75(106)64(48(17)22-3)91-78(66)109/h23-26,30-31,41-50,53-56,58-66,96H,20-22,27-29,32-40,81H2,1-19H3,(H,82,100)(H,83,101)(H,84,103)(H,85,102)(H,86,106)(H,87,108)(H,88,104)(H,89,98)(H,90,99)(H,91,109)(H,92,105)(H,93,107)/b52-23-/t46?,47-,48+,49+,50?,53-,54-,55+,56+,58+,59+,60-,61+,62-,63+,64?,65-,66?/m0/s1. The zero-order valence-corrected chi connectivity index (χ0v) is 69.3. The molecule has 32 heteroatoms. The number of likely N-dealkylation sites (tertiary alicyclic amines) is 2. The number of carbonyl (C=O) groups excluding carboxylic acids is 15. The second-order valence-corrected chi connectivity index (χ2v) is 32.1. The highest BCUT2D eigenvalue weighted by Gasteiger charge is 2.45. The van der Waals surface area contributed by atoms with Crippen LogP contribution >= 0.6 is 0 Å². The molecule has 3 aliphatic rings. The SMILES string of the molecule is C/C=C1\NC(=O)[C@H](Cc2ccccc2)NC(=O)[C@@H](C(C)C)NC(=O)C([C@H](C)CC)NC(=O)C(NC(=O)[C@H](NC(=O)[C@H](CCCN)NC(=O)[C@H]2CCCN2C(=O)[C@H](NC(=O)[C@@H](NC(=O)[C@@H](NC(=O)[C@H](NC(=O)[C@H]2CCCN2C(=O)CCC(C)CC)C(C)C)[C@@H](C)O)C(C)C)C(C)C)[C@@H](C)CC)C(C)OC(=O)[C@H](C(C)C)NC1=O. The molecule has 3 heterocycles. The average molecular weight is 1580 g/mol. The molecule has 14 amide bonds. The van der Waals surface area contributed by atoms with Gasteiger partial charge in [-0.1, -0.05) is 166 Å². The molecule has 112 heavy (non-hydrogen) atoms. The summed E-state index contributed by atoms with van der Waals surface area (Å²) >= 11 is 0. The molecule has 4 unspecified atom stereocenters. The smallest absolute Gasteiger partial charge is 0.329 e. The van der Waals surface area contributed by atoms with Crippen LogP contribution in [-0.4, -0.2) is 214 Å². The maximum atomic E-state index is 15.1. The Morgan fingerprint density at radius 3 is 1.62 bits per heavy atom. The van der Waals surface area contributed by atoms with Crippen LogP contribution in [0.3, 0.4) is 0 Å². The summed E-state index contributed by atoms with van der Waals surface area (Å²) in [6, 6.07) is -8.84. The maximum absolute atomic E-state index is 15.1. The number of nitrogens with one attached hydrogen (secondary N) is 12. The number of cyclic esters (lactones) is 1. The Kier molecular flexibility index (Phi) is 38.8. The van der Waals surface area contributed by atoms with Crippen LogP contribution in [0.4, 0.5) is 0 Å². The summed E-state index contributed by atoms with van der Waals surface area (Å²) < 4.78 is 5.97. The van der Waals surface area contributed by atoms with E-state index in [0.29, 0.717) is 50.1 Å². The number of ether oxygens (including phenoxy) is 1. The minimum atomic E-state index is -1.84. The van der Waals surface area contributed by atoms with Crippen LogP contribution < -0.4 is 69.5 Å². The third kappa shape index (κ3) is 27.4. The molecular weight excluding hydrogens is 1440 g/mol. The molecule has 0 radical (unpaired) electrons. The van der Waals surface area contributed by atoms with E-state index in [1.54, 1.807) is 132 Å². The lowest BCUT2D eigenvalue weighted by Gasteiger charge is -2.34. The molecule has 0 bridgehead atoms. The Hall–Kier alpha value is -9.07. The monoisotopic (exact) mass is 1570 g/mol. The van der Waals surface area contributed by atoms with E-state index in [2.05, 4.69) is 70.7 Å². The fourth-order valence-electron chi connectivity index (χ4n) is 13.5. The van der Waals surface area contributed by atoms with Crippen molar-refractivity contribution in [3.63, 3.8) is 0 Å². The highest BCUT2D eigenvalue weighted by Crippen LogP contribution is 2.25. The molecule has 18 atom stereocenters. The minimum absolute atomic E-state index is 0.0396. The van der Waals surface area contributed by atoms with Gasteiger partial charge in [0.05, 0.1) is 6.10 Å². The third-order valence-electron chi connectivity index (χ3n) is 21.5. The summed E-state index contributed by atoms with van der Waals surface area (Å²) in [6.45, 7) is 32.0. The molecule has 3 saturated heterocycles. The lowest BCUT2D eigenvalue weighted by molar-refractivity contribution is -0.157. The number of nitrogens with zero attached hydrogens (tertiary/aromatic N) is 2. The predicted octanol–water partition coefficient (Wildman–Crippen LogP) is 1.83. The van der Waals surface area contributed by atoms with Crippen LogP contribution in [0.5, 0.6) is 0 Å². The summed E-state index contributed by atoms with van der Waals surface area (Å²) in [6.07, 6.45) is 2.13. The number of hydrogen-bond acceptors (Lipinski definition) is 18. The number of esters is 1. The number of rotatable bonds is 34. The highest BCUT2D eigenvalue weighted by molar-refractivity contribution is 6.03. The Morgan fingerprint density at radius 2 is 1.09 bits per heavy atom. The summed E-state index contributed by atoms with van der Waals surface area (Å²) in [4.78, 5) is 219. The second kappa shape index (κ2) is 45.6. The van der Waals surface area contributed by atoms with Gasteiger partial charge in [-0.25, -0.2) is 4.79 Å². The van der Waals surface area contributed by atoms with Crippen molar-refractivity contribution in [3.05, 3.63) is 47.7 Å². The van der Waals surface area contributed by atoms with E-state index >= 15 is 9.59 Å². The first-order valence-electron chi connectivity index (χ1n) is 40.2. The summed E-state index contributed by atoms with van der Waals surface area (Å²) in [5, 5.41) is 43.4. The molecule has 1 aromatic rings. The van der Waals surface area contributed by atoms with Gasteiger partial charge in [0, 0.05) is 25.9 Å². The van der Waals surface area contributed by atoms with E-state index in [0.717, 1.165) is 6.42 Å². The first-order valence-corrected chi connectivity index (χ1v) is 40.2. The molecule has 0 aliphatic carbocycles.